The van der Waals surface area contributed by atoms with Crippen molar-refractivity contribution in [3.05, 3.63) is 48.8 Å². The highest BCUT2D eigenvalue weighted by atomic mass is 16.2. The number of carbonyl (C=O) groups excluding carboxylic acids is 1. The monoisotopic (exact) mass is 324 g/mol. The number of benzene rings is 1. The summed E-state index contributed by atoms with van der Waals surface area (Å²) in [5.74, 6) is 1.21. The number of hydrogen-bond acceptors (Lipinski definition) is 5. The standard InChI is InChI=1S/C17H20N6O/c1-2-3-4-8-11-15-20-16(14-9-6-5-7-10-14)23(21-15)17(24)22-13-18-12-19-22/h5-7,9-10,12-13H,2-4,8,11H2,1H3. The van der Waals surface area contributed by atoms with Gasteiger partial charge in [0.25, 0.3) is 0 Å². The molecule has 0 saturated carbocycles. The molecule has 0 bridgehead atoms. The highest BCUT2D eigenvalue weighted by Gasteiger charge is 2.19. The second kappa shape index (κ2) is 7.63. The molecule has 7 heteroatoms. The Balaban J connectivity index is 1.90. The van der Waals surface area contributed by atoms with Gasteiger partial charge in [0.2, 0.25) is 0 Å². The molecular weight excluding hydrogens is 304 g/mol. The minimum atomic E-state index is -0.390. The number of carbonyl (C=O) groups is 1. The Morgan fingerprint density at radius 1 is 1.12 bits per heavy atom. The van der Waals surface area contributed by atoms with Gasteiger partial charge < -0.3 is 0 Å². The smallest absolute Gasteiger partial charge is 0.243 e. The van der Waals surface area contributed by atoms with Crippen molar-refractivity contribution in [3.63, 3.8) is 0 Å². The van der Waals surface area contributed by atoms with Crippen molar-refractivity contribution < 1.29 is 4.79 Å². The highest BCUT2D eigenvalue weighted by molar-refractivity contribution is 5.81. The van der Waals surface area contributed by atoms with Gasteiger partial charge in [-0.05, 0) is 6.42 Å². The first-order chi connectivity index (χ1) is 11.8. The molecule has 0 atom stereocenters. The SMILES string of the molecule is CCCCCCc1nc(-c2ccccc2)n(C(=O)n2cncn2)n1. The molecule has 0 N–H and O–H groups in total. The summed E-state index contributed by atoms with van der Waals surface area (Å²) in [5, 5.41) is 8.30. The van der Waals surface area contributed by atoms with Crippen molar-refractivity contribution in [1.29, 1.82) is 0 Å². The molecule has 3 aromatic rings. The van der Waals surface area contributed by atoms with E-state index in [0.717, 1.165) is 29.5 Å². The predicted molar refractivity (Wildman–Crippen MR) is 89.5 cm³/mol. The topological polar surface area (TPSA) is 78.5 Å². The molecule has 0 spiro atoms. The Morgan fingerprint density at radius 3 is 2.67 bits per heavy atom. The van der Waals surface area contributed by atoms with Gasteiger partial charge in [0, 0.05) is 12.0 Å². The number of unbranched alkanes of at least 4 members (excludes halogenated alkanes) is 3. The predicted octanol–water partition coefficient (Wildman–Crippen LogP) is 3.18. The molecule has 1 aromatic carbocycles. The van der Waals surface area contributed by atoms with Crippen LogP contribution in [0.5, 0.6) is 0 Å². The molecular formula is C17H20N6O. The van der Waals surface area contributed by atoms with Crippen LogP contribution in [0.25, 0.3) is 11.4 Å². The Kier molecular flexibility index (Phi) is 5.10. The second-order valence-corrected chi connectivity index (χ2v) is 5.56. The van der Waals surface area contributed by atoms with Crippen LogP contribution in [0.15, 0.2) is 43.0 Å². The summed E-state index contributed by atoms with van der Waals surface area (Å²) in [6, 6.07) is 9.18. The fraction of sp³-hybridized carbons (Fsp3) is 0.353. The van der Waals surface area contributed by atoms with Gasteiger partial charge >= 0.3 is 6.03 Å². The molecule has 2 aromatic heterocycles. The molecule has 2 heterocycles. The van der Waals surface area contributed by atoms with Crippen molar-refractivity contribution in [3.8, 4) is 11.4 Å². The Bertz CT molecular complexity index is 779. The zero-order chi connectivity index (χ0) is 16.8. The first-order valence-electron chi connectivity index (χ1n) is 8.20. The Morgan fingerprint density at radius 2 is 1.96 bits per heavy atom. The van der Waals surface area contributed by atoms with E-state index in [2.05, 4.69) is 27.1 Å². The molecule has 24 heavy (non-hydrogen) atoms. The van der Waals surface area contributed by atoms with Gasteiger partial charge in [-0.3, -0.25) is 0 Å². The molecule has 3 rings (SSSR count). The third kappa shape index (κ3) is 3.56. The third-order valence-electron chi connectivity index (χ3n) is 3.73. The quantitative estimate of drug-likeness (QED) is 0.651. The largest absolute Gasteiger partial charge is 0.372 e. The summed E-state index contributed by atoms with van der Waals surface area (Å²) in [5.41, 5.74) is 0.846. The summed E-state index contributed by atoms with van der Waals surface area (Å²) >= 11 is 0. The molecule has 0 saturated heterocycles. The molecule has 124 valence electrons. The molecule has 7 nitrogen and oxygen atoms in total. The fourth-order valence-electron chi connectivity index (χ4n) is 2.48. The summed E-state index contributed by atoms with van der Waals surface area (Å²) < 4.78 is 2.46. The molecule has 0 radical (unpaired) electrons. The minimum absolute atomic E-state index is 0.390. The van der Waals surface area contributed by atoms with Gasteiger partial charge in [0.1, 0.15) is 12.7 Å². The maximum atomic E-state index is 12.6. The Hall–Kier alpha value is -2.83. The lowest BCUT2D eigenvalue weighted by atomic mass is 10.1. The van der Waals surface area contributed by atoms with Crippen LogP contribution in [0.3, 0.4) is 0 Å². The number of aromatic nitrogens is 6. The van der Waals surface area contributed by atoms with E-state index in [1.54, 1.807) is 0 Å². The van der Waals surface area contributed by atoms with Crippen LogP contribution in [0.2, 0.25) is 0 Å². The minimum Gasteiger partial charge on any atom is -0.243 e. The van der Waals surface area contributed by atoms with Gasteiger partial charge in [-0.15, -0.1) is 5.10 Å². The maximum absolute atomic E-state index is 12.6. The van der Waals surface area contributed by atoms with Crippen molar-refractivity contribution in [2.45, 2.75) is 39.0 Å². The molecule has 0 aliphatic rings. The first-order valence-corrected chi connectivity index (χ1v) is 8.20. The zero-order valence-corrected chi connectivity index (χ0v) is 13.7. The van der Waals surface area contributed by atoms with Crippen LogP contribution in [-0.4, -0.2) is 35.6 Å². The van der Waals surface area contributed by atoms with Gasteiger partial charge in [-0.25, -0.2) is 14.8 Å². The van der Waals surface area contributed by atoms with Gasteiger partial charge in [-0.2, -0.15) is 14.5 Å². The van der Waals surface area contributed by atoms with Crippen LogP contribution < -0.4 is 0 Å². The average Bonchev–Trinajstić information content (AvgIpc) is 3.29. The highest BCUT2D eigenvalue weighted by Crippen LogP contribution is 2.18. The lowest BCUT2D eigenvalue weighted by molar-refractivity contribution is 0.238. The van der Waals surface area contributed by atoms with Crippen LogP contribution in [-0.2, 0) is 6.42 Å². The number of aryl methyl sites for hydroxylation is 1. The normalized spacial score (nSPS) is 10.9. The molecule has 0 aliphatic heterocycles. The van der Waals surface area contributed by atoms with Gasteiger partial charge in [0.05, 0.1) is 0 Å². The lowest BCUT2D eigenvalue weighted by Gasteiger charge is -2.03. The van der Waals surface area contributed by atoms with Crippen molar-refractivity contribution >= 4 is 6.03 Å². The van der Waals surface area contributed by atoms with E-state index >= 15 is 0 Å². The van der Waals surface area contributed by atoms with Crippen molar-refractivity contribution in [2.75, 3.05) is 0 Å². The van der Waals surface area contributed by atoms with Crippen LogP contribution in [0, 0.1) is 0 Å². The van der Waals surface area contributed by atoms with Crippen molar-refractivity contribution in [1.82, 2.24) is 29.5 Å². The van der Waals surface area contributed by atoms with E-state index in [-0.39, 0.29) is 0 Å². The average molecular weight is 324 g/mol. The van der Waals surface area contributed by atoms with Gasteiger partial charge in [0.15, 0.2) is 11.6 Å². The van der Waals surface area contributed by atoms with Crippen LogP contribution in [0.4, 0.5) is 4.79 Å². The van der Waals surface area contributed by atoms with Crippen LogP contribution in [0.1, 0.15) is 38.4 Å². The van der Waals surface area contributed by atoms with E-state index in [1.807, 2.05) is 30.3 Å². The first kappa shape index (κ1) is 16.0. The van der Waals surface area contributed by atoms with E-state index in [9.17, 15) is 4.79 Å². The summed E-state index contributed by atoms with van der Waals surface area (Å²) in [7, 11) is 0. The molecule has 0 fully saturated rings. The summed E-state index contributed by atoms with van der Waals surface area (Å²) in [4.78, 5) is 21.0. The Labute approximate surface area is 140 Å². The zero-order valence-electron chi connectivity index (χ0n) is 13.7. The van der Waals surface area contributed by atoms with Gasteiger partial charge in [-0.1, -0.05) is 56.5 Å². The summed E-state index contributed by atoms with van der Waals surface area (Å²) in [6.07, 6.45) is 7.98. The fourth-order valence-corrected chi connectivity index (χ4v) is 2.48. The maximum Gasteiger partial charge on any atom is 0.372 e. The second-order valence-electron chi connectivity index (χ2n) is 5.56. The van der Waals surface area contributed by atoms with E-state index in [1.165, 1.54) is 30.2 Å². The summed E-state index contributed by atoms with van der Waals surface area (Å²) in [6.45, 7) is 2.18. The number of nitrogens with zero attached hydrogens (tertiary/aromatic N) is 6. The number of rotatable bonds is 6. The van der Waals surface area contributed by atoms with Crippen LogP contribution >= 0.6 is 0 Å². The van der Waals surface area contributed by atoms with E-state index < -0.39 is 6.03 Å². The lowest BCUT2D eigenvalue weighted by Crippen LogP contribution is -2.22. The van der Waals surface area contributed by atoms with E-state index in [4.69, 9.17) is 0 Å². The molecule has 0 amide bonds. The van der Waals surface area contributed by atoms with E-state index in [0.29, 0.717) is 11.6 Å². The molecule has 0 unspecified atom stereocenters. The van der Waals surface area contributed by atoms with Crippen molar-refractivity contribution in [2.24, 2.45) is 0 Å². The third-order valence-corrected chi connectivity index (χ3v) is 3.73. The molecule has 0 aliphatic carbocycles. The number of hydrogen-bond donors (Lipinski definition) is 0.